The Morgan fingerprint density at radius 3 is 2.58 bits per heavy atom. The molecule has 0 bridgehead atoms. The largest absolute Gasteiger partial charge is 0.385 e. The molecule has 1 heterocycles. The van der Waals surface area contributed by atoms with E-state index in [1.807, 2.05) is 0 Å². The quantitative estimate of drug-likeness (QED) is 0.595. The van der Waals surface area contributed by atoms with Gasteiger partial charge in [-0.2, -0.15) is 0 Å². The number of hydrogen-bond donors (Lipinski definition) is 1. The van der Waals surface area contributed by atoms with Crippen LogP contribution in [0.4, 0.5) is 5.82 Å². The summed E-state index contributed by atoms with van der Waals surface area (Å²) in [6, 6.07) is 1.24. The van der Waals surface area contributed by atoms with Crippen LogP contribution in [-0.2, 0) is 13.6 Å². The van der Waals surface area contributed by atoms with E-state index in [-0.39, 0.29) is 17.1 Å². The monoisotopic (exact) mass is 169 g/mol. The minimum atomic E-state index is -0.373. The molecule has 0 saturated carbocycles. The minimum Gasteiger partial charge on any atom is -0.385 e. The molecule has 1 aromatic heterocycles. The fourth-order valence-electron chi connectivity index (χ4n) is 1.00. The summed E-state index contributed by atoms with van der Waals surface area (Å²) in [4.78, 5) is 22.3. The summed E-state index contributed by atoms with van der Waals surface area (Å²) >= 11 is 0. The zero-order chi connectivity index (χ0) is 9.30. The van der Waals surface area contributed by atoms with Crippen molar-refractivity contribution in [3.8, 4) is 0 Å². The van der Waals surface area contributed by atoms with Gasteiger partial charge in [0.15, 0.2) is 0 Å². The van der Waals surface area contributed by atoms with Crippen LogP contribution in [0.1, 0.15) is 6.92 Å². The van der Waals surface area contributed by atoms with Gasteiger partial charge in [-0.05, 0) is 6.92 Å². The van der Waals surface area contributed by atoms with Crippen LogP contribution in [0.25, 0.3) is 0 Å². The van der Waals surface area contributed by atoms with Crippen LogP contribution in [0.2, 0.25) is 0 Å². The van der Waals surface area contributed by atoms with Crippen molar-refractivity contribution in [2.75, 3.05) is 5.73 Å². The van der Waals surface area contributed by atoms with Gasteiger partial charge in [0.2, 0.25) is 0 Å². The second-order valence-electron chi connectivity index (χ2n) is 2.49. The highest BCUT2D eigenvalue weighted by Gasteiger charge is 2.03. The van der Waals surface area contributed by atoms with E-state index in [0.717, 1.165) is 4.57 Å². The first-order chi connectivity index (χ1) is 5.57. The summed E-state index contributed by atoms with van der Waals surface area (Å²) in [7, 11) is 1.43. The molecule has 0 aliphatic heterocycles. The third kappa shape index (κ3) is 1.13. The lowest BCUT2D eigenvalue weighted by Crippen LogP contribution is -2.38. The molecule has 5 heteroatoms. The first kappa shape index (κ1) is 8.58. The number of anilines is 1. The van der Waals surface area contributed by atoms with Gasteiger partial charge in [-0.25, -0.2) is 4.79 Å². The third-order valence-electron chi connectivity index (χ3n) is 1.75. The van der Waals surface area contributed by atoms with Gasteiger partial charge < -0.3 is 5.73 Å². The van der Waals surface area contributed by atoms with Crippen LogP contribution in [0.15, 0.2) is 15.7 Å². The van der Waals surface area contributed by atoms with Gasteiger partial charge in [0.25, 0.3) is 5.56 Å². The molecule has 0 radical (unpaired) electrons. The Balaban J connectivity index is 3.63. The van der Waals surface area contributed by atoms with Gasteiger partial charge in [0.05, 0.1) is 0 Å². The molecule has 0 aliphatic rings. The van der Waals surface area contributed by atoms with Crippen molar-refractivity contribution in [1.82, 2.24) is 9.13 Å². The van der Waals surface area contributed by atoms with Crippen LogP contribution in [0, 0.1) is 0 Å². The molecule has 0 aliphatic carbocycles. The molecule has 0 aromatic carbocycles. The van der Waals surface area contributed by atoms with Crippen molar-refractivity contribution in [2.24, 2.45) is 7.05 Å². The van der Waals surface area contributed by atoms with Crippen molar-refractivity contribution in [2.45, 2.75) is 13.5 Å². The van der Waals surface area contributed by atoms with Crippen LogP contribution < -0.4 is 17.0 Å². The minimum absolute atomic E-state index is 0.214. The van der Waals surface area contributed by atoms with Gasteiger partial charge in [0.1, 0.15) is 5.82 Å². The number of aromatic nitrogens is 2. The average Bonchev–Trinajstić information content (AvgIpc) is 2.01. The van der Waals surface area contributed by atoms with Crippen molar-refractivity contribution < 1.29 is 0 Å². The number of nitrogen functional groups attached to an aromatic ring is 1. The smallest absolute Gasteiger partial charge is 0.332 e. The van der Waals surface area contributed by atoms with Gasteiger partial charge in [-0.15, -0.1) is 0 Å². The standard InChI is InChI=1S/C7H11N3O2/c1-3-10-5(8)4-6(11)9(2)7(10)12/h4H,3,8H2,1-2H3. The van der Waals surface area contributed by atoms with Gasteiger partial charge in [-0.3, -0.25) is 13.9 Å². The molecular weight excluding hydrogens is 158 g/mol. The Kier molecular flexibility index (Phi) is 2.03. The molecule has 12 heavy (non-hydrogen) atoms. The molecule has 0 saturated heterocycles. The van der Waals surface area contributed by atoms with E-state index in [2.05, 4.69) is 0 Å². The lowest BCUT2D eigenvalue weighted by atomic mass is 10.5. The highest BCUT2D eigenvalue weighted by molar-refractivity contribution is 5.26. The van der Waals surface area contributed by atoms with Crippen molar-refractivity contribution in [3.05, 3.63) is 26.9 Å². The van der Waals surface area contributed by atoms with Crippen molar-refractivity contribution in [3.63, 3.8) is 0 Å². The summed E-state index contributed by atoms with van der Waals surface area (Å²) in [6.45, 7) is 2.26. The summed E-state index contributed by atoms with van der Waals surface area (Å²) in [5.74, 6) is 0.214. The van der Waals surface area contributed by atoms with E-state index < -0.39 is 0 Å². The van der Waals surface area contributed by atoms with Crippen LogP contribution in [-0.4, -0.2) is 9.13 Å². The third-order valence-corrected chi connectivity index (χ3v) is 1.75. The van der Waals surface area contributed by atoms with Crippen LogP contribution >= 0.6 is 0 Å². The predicted octanol–water partition coefficient (Wildman–Crippen LogP) is -0.851. The van der Waals surface area contributed by atoms with E-state index in [4.69, 9.17) is 5.73 Å². The van der Waals surface area contributed by atoms with E-state index in [0.29, 0.717) is 6.54 Å². The molecule has 0 unspecified atom stereocenters. The second-order valence-corrected chi connectivity index (χ2v) is 2.49. The molecule has 1 aromatic rings. The molecular formula is C7H11N3O2. The molecule has 2 N–H and O–H groups in total. The number of rotatable bonds is 1. The lowest BCUT2D eigenvalue weighted by molar-refractivity contribution is 0.638. The molecule has 0 atom stereocenters. The zero-order valence-electron chi connectivity index (χ0n) is 7.07. The fraction of sp³-hybridized carbons (Fsp3) is 0.429. The Labute approximate surface area is 69.0 Å². The van der Waals surface area contributed by atoms with Gasteiger partial charge in [0, 0.05) is 19.7 Å². The van der Waals surface area contributed by atoms with Gasteiger partial charge in [-0.1, -0.05) is 0 Å². The maximum Gasteiger partial charge on any atom is 0.332 e. The Hall–Kier alpha value is -1.52. The van der Waals surface area contributed by atoms with E-state index in [1.54, 1.807) is 6.92 Å². The fourth-order valence-corrected chi connectivity index (χ4v) is 1.00. The molecule has 0 amide bonds. The predicted molar refractivity (Wildman–Crippen MR) is 46.0 cm³/mol. The first-order valence-corrected chi connectivity index (χ1v) is 3.64. The van der Waals surface area contributed by atoms with Crippen LogP contribution in [0.3, 0.4) is 0 Å². The van der Waals surface area contributed by atoms with Crippen LogP contribution in [0.5, 0.6) is 0 Å². The van der Waals surface area contributed by atoms with E-state index in [1.165, 1.54) is 17.7 Å². The van der Waals surface area contributed by atoms with Gasteiger partial charge >= 0.3 is 5.69 Å². The summed E-state index contributed by atoms with van der Waals surface area (Å²) in [6.07, 6.45) is 0. The average molecular weight is 169 g/mol. The Morgan fingerprint density at radius 1 is 1.50 bits per heavy atom. The summed E-state index contributed by atoms with van der Waals surface area (Å²) < 4.78 is 2.36. The highest BCUT2D eigenvalue weighted by Crippen LogP contribution is 1.91. The highest BCUT2D eigenvalue weighted by atomic mass is 16.2. The maximum absolute atomic E-state index is 11.3. The number of hydrogen-bond acceptors (Lipinski definition) is 3. The molecule has 1 rings (SSSR count). The Bertz CT molecular complexity index is 402. The first-order valence-electron chi connectivity index (χ1n) is 3.64. The summed E-state index contributed by atoms with van der Waals surface area (Å²) in [5.41, 5.74) is 4.71. The molecule has 0 fully saturated rings. The lowest BCUT2D eigenvalue weighted by Gasteiger charge is -2.06. The topological polar surface area (TPSA) is 70.0 Å². The van der Waals surface area contributed by atoms with Crippen molar-refractivity contribution in [1.29, 1.82) is 0 Å². The number of nitrogens with zero attached hydrogens (tertiary/aromatic N) is 2. The summed E-state index contributed by atoms with van der Waals surface area (Å²) in [5, 5.41) is 0. The second kappa shape index (κ2) is 2.84. The zero-order valence-corrected chi connectivity index (χ0v) is 7.07. The molecule has 66 valence electrons. The Morgan fingerprint density at radius 2 is 2.08 bits per heavy atom. The maximum atomic E-state index is 11.3. The molecule has 5 nitrogen and oxygen atoms in total. The SMILES string of the molecule is CCn1c(N)cc(=O)n(C)c1=O. The van der Waals surface area contributed by atoms with E-state index >= 15 is 0 Å². The molecule has 0 spiro atoms. The van der Waals surface area contributed by atoms with Crippen molar-refractivity contribution >= 4 is 5.82 Å². The number of nitrogens with two attached hydrogens (primary N) is 1. The van der Waals surface area contributed by atoms with E-state index in [9.17, 15) is 9.59 Å². The normalized spacial score (nSPS) is 10.2.